The van der Waals surface area contributed by atoms with Crippen molar-refractivity contribution in [2.24, 2.45) is 4.99 Å². The molecule has 148 valence electrons. The molecule has 0 aliphatic carbocycles. The van der Waals surface area contributed by atoms with E-state index in [-0.39, 0.29) is 35.3 Å². The minimum absolute atomic E-state index is 0.0833. The number of amidine groups is 1. The normalized spacial score (nSPS) is 25.0. The first-order valence-corrected chi connectivity index (χ1v) is 11.7. The van der Waals surface area contributed by atoms with E-state index in [4.69, 9.17) is 4.74 Å². The van der Waals surface area contributed by atoms with Gasteiger partial charge in [-0.3, -0.25) is 4.79 Å². The van der Waals surface area contributed by atoms with E-state index in [0.717, 1.165) is 24.5 Å². The van der Waals surface area contributed by atoms with Gasteiger partial charge < -0.3 is 14.5 Å². The summed E-state index contributed by atoms with van der Waals surface area (Å²) in [6.45, 7) is 5.95. The number of methoxy groups -OCH3 is 1. The summed E-state index contributed by atoms with van der Waals surface area (Å²) in [6, 6.07) is 7.79. The Morgan fingerprint density at radius 1 is 1.26 bits per heavy atom. The lowest BCUT2D eigenvalue weighted by atomic mass is 10.2. The van der Waals surface area contributed by atoms with Gasteiger partial charge in [0.25, 0.3) is 5.91 Å². The first kappa shape index (κ1) is 20.2. The molecule has 2 fully saturated rings. The minimum Gasteiger partial charge on any atom is -0.375 e. The third-order valence-electron chi connectivity index (χ3n) is 4.81. The van der Waals surface area contributed by atoms with Gasteiger partial charge >= 0.3 is 0 Å². The molecule has 2 unspecified atom stereocenters. The van der Waals surface area contributed by atoms with E-state index >= 15 is 0 Å². The molecule has 1 aromatic rings. The summed E-state index contributed by atoms with van der Waals surface area (Å²) < 4.78 is 29.1. The molecule has 2 saturated heterocycles. The monoisotopic (exact) mass is 411 g/mol. The number of carbonyl (C=O) groups excluding carboxylic acids is 1. The average molecular weight is 412 g/mol. The third kappa shape index (κ3) is 4.30. The summed E-state index contributed by atoms with van der Waals surface area (Å²) in [5.41, 5.74) is 1.96. The molecule has 1 amide bonds. The summed E-state index contributed by atoms with van der Waals surface area (Å²) in [5, 5.41) is 0.448. The first-order chi connectivity index (χ1) is 12.9. The topological polar surface area (TPSA) is 79.3 Å². The highest BCUT2D eigenvalue weighted by molar-refractivity contribution is 8.16. The van der Waals surface area contributed by atoms with Crippen LogP contribution in [-0.4, -0.2) is 69.1 Å². The predicted molar refractivity (Wildman–Crippen MR) is 111 cm³/mol. The van der Waals surface area contributed by atoms with Crippen molar-refractivity contribution in [3.8, 4) is 0 Å². The largest absolute Gasteiger partial charge is 0.375 e. The number of hydrogen-bond acceptors (Lipinski definition) is 6. The SMILES string of the molecule is CCN(CC)c1ccc(N2C(=NC(=O)COC)SC3CS(=O)(=O)CC32)cc1. The number of hydrogen-bond donors (Lipinski definition) is 0. The lowest BCUT2D eigenvalue weighted by Crippen LogP contribution is -2.37. The number of ether oxygens (including phenoxy) is 1. The van der Waals surface area contributed by atoms with Gasteiger partial charge in [0.1, 0.15) is 6.61 Å². The molecule has 2 heterocycles. The van der Waals surface area contributed by atoms with Crippen molar-refractivity contribution >= 4 is 44.0 Å². The smallest absolute Gasteiger partial charge is 0.274 e. The standard InChI is InChI=1S/C18H25N3O4S2/c1-4-20(5-2)13-6-8-14(9-7-13)21-15-11-27(23,24)12-16(15)26-18(21)19-17(22)10-25-3/h6-9,15-16H,4-5,10-12H2,1-3H3. The molecule has 0 spiro atoms. The molecule has 9 heteroatoms. The van der Waals surface area contributed by atoms with Crippen LogP contribution in [0.4, 0.5) is 11.4 Å². The Bertz CT molecular complexity index is 820. The molecule has 0 radical (unpaired) electrons. The number of rotatable bonds is 6. The van der Waals surface area contributed by atoms with E-state index in [0.29, 0.717) is 5.17 Å². The number of thioether (sulfide) groups is 1. The van der Waals surface area contributed by atoms with Gasteiger partial charge in [-0.15, -0.1) is 0 Å². The van der Waals surface area contributed by atoms with E-state index in [1.165, 1.54) is 18.9 Å². The fourth-order valence-electron chi connectivity index (χ4n) is 3.54. The lowest BCUT2D eigenvalue weighted by molar-refractivity contribution is -0.121. The van der Waals surface area contributed by atoms with E-state index in [1.807, 2.05) is 29.2 Å². The van der Waals surface area contributed by atoms with Crippen molar-refractivity contribution in [2.45, 2.75) is 25.1 Å². The van der Waals surface area contributed by atoms with Crippen molar-refractivity contribution in [3.05, 3.63) is 24.3 Å². The van der Waals surface area contributed by atoms with Gasteiger partial charge in [-0.05, 0) is 38.1 Å². The summed E-state index contributed by atoms with van der Waals surface area (Å²) >= 11 is 1.37. The van der Waals surface area contributed by atoms with Crippen LogP contribution in [0.25, 0.3) is 0 Å². The quantitative estimate of drug-likeness (QED) is 0.706. The number of aliphatic imine (C=N–C) groups is 1. The van der Waals surface area contributed by atoms with Gasteiger partial charge in [-0.2, -0.15) is 4.99 Å². The van der Waals surface area contributed by atoms with Gasteiger partial charge in [0.15, 0.2) is 15.0 Å². The van der Waals surface area contributed by atoms with Crippen molar-refractivity contribution in [2.75, 3.05) is 48.1 Å². The van der Waals surface area contributed by atoms with Crippen LogP contribution in [0.15, 0.2) is 29.3 Å². The van der Waals surface area contributed by atoms with E-state index in [2.05, 4.69) is 23.7 Å². The van der Waals surface area contributed by atoms with E-state index in [9.17, 15) is 13.2 Å². The summed E-state index contributed by atoms with van der Waals surface area (Å²) in [7, 11) is -1.62. The van der Waals surface area contributed by atoms with E-state index in [1.54, 1.807) is 0 Å². The Balaban J connectivity index is 1.93. The molecule has 27 heavy (non-hydrogen) atoms. The van der Waals surface area contributed by atoms with Crippen LogP contribution in [-0.2, 0) is 19.4 Å². The molecule has 2 aliphatic heterocycles. The van der Waals surface area contributed by atoms with Crippen LogP contribution >= 0.6 is 11.8 Å². The first-order valence-electron chi connectivity index (χ1n) is 9.00. The Kier molecular flexibility index (Phi) is 6.12. The number of benzene rings is 1. The van der Waals surface area contributed by atoms with Crippen molar-refractivity contribution in [3.63, 3.8) is 0 Å². The van der Waals surface area contributed by atoms with Crippen LogP contribution in [0.1, 0.15) is 13.8 Å². The summed E-state index contributed by atoms with van der Waals surface area (Å²) in [6.07, 6.45) is 0. The lowest BCUT2D eigenvalue weighted by Gasteiger charge is -2.26. The Labute approximate surface area is 164 Å². The second kappa shape index (κ2) is 8.20. The molecule has 1 aromatic carbocycles. The molecule has 0 aromatic heterocycles. The van der Waals surface area contributed by atoms with Crippen LogP contribution in [0.3, 0.4) is 0 Å². The van der Waals surface area contributed by atoms with Crippen molar-refractivity contribution in [1.82, 2.24) is 0 Å². The van der Waals surface area contributed by atoms with Crippen LogP contribution in [0, 0.1) is 0 Å². The Morgan fingerprint density at radius 3 is 2.52 bits per heavy atom. The number of fused-ring (bicyclic) bond motifs is 1. The highest BCUT2D eigenvalue weighted by Gasteiger charge is 2.49. The molecular weight excluding hydrogens is 386 g/mol. The van der Waals surface area contributed by atoms with Crippen LogP contribution in [0.2, 0.25) is 0 Å². The average Bonchev–Trinajstić information content (AvgIpc) is 3.07. The van der Waals surface area contributed by atoms with E-state index < -0.39 is 9.84 Å². The maximum atomic E-state index is 12.1. The van der Waals surface area contributed by atoms with Gasteiger partial charge in [-0.1, -0.05) is 11.8 Å². The van der Waals surface area contributed by atoms with Crippen LogP contribution in [0.5, 0.6) is 0 Å². The Morgan fingerprint density at radius 2 is 1.93 bits per heavy atom. The number of anilines is 2. The van der Waals surface area contributed by atoms with Gasteiger partial charge in [0, 0.05) is 36.8 Å². The Hall–Kier alpha value is -1.58. The maximum absolute atomic E-state index is 12.1. The zero-order chi connectivity index (χ0) is 19.6. The second-order valence-corrected chi connectivity index (χ2v) is 9.94. The zero-order valence-electron chi connectivity index (χ0n) is 15.8. The van der Waals surface area contributed by atoms with Gasteiger partial charge in [0.2, 0.25) is 0 Å². The maximum Gasteiger partial charge on any atom is 0.274 e. The second-order valence-electron chi connectivity index (χ2n) is 6.58. The van der Waals surface area contributed by atoms with Crippen molar-refractivity contribution in [1.29, 1.82) is 0 Å². The molecule has 0 N–H and O–H groups in total. The predicted octanol–water partition coefficient (Wildman–Crippen LogP) is 1.78. The minimum atomic E-state index is -3.07. The number of carbonyl (C=O) groups is 1. The molecule has 3 rings (SSSR count). The zero-order valence-corrected chi connectivity index (χ0v) is 17.4. The molecule has 7 nitrogen and oxygen atoms in total. The molecule has 0 bridgehead atoms. The number of amides is 1. The molecule has 2 atom stereocenters. The fraction of sp³-hybridized carbons (Fsp3) is 0.556. The van der Waals surface area contributed by atoms with Gasteiger partial charge in [-0.25, -0.2) is 8.42 Å². The van der Waals surface area contributed by atoms with Crippen molar-refractivity contribution < 1.29 is 17.9 Å². The third-order valence-corrected chi connectivity index (χ3v) is 8.02. The van der Waals surface area contributed by atoms with Gasteiger partial charge in [0.05, 0.1) is 17.5 Å². The number of nitrogens with zero attached hydrogens (tertiary/aromatic N) is 3. The molecule has 0 saturated carbocycles. The highest BCUT2D eigenvalue weighted by atomic mass is 32.2. The summed E-state index contributed by atoms with van der Waals surface area (Å²) in [5.74, 6) is -0.166. The molecule has 2 aliphatic rings. The highest BCUT2D eigenvalue weighted by Crippen LogP contribution is 2.41. The molecular formula is C18H25N3O4S2. The van der Waals surface area contributed by atoms with Crippen LogP contribution < -0.4 is 9.80 Å². The fourth-order valence-corrected chi connectivity index (χ4v) is 7.47. The number of sulfone groups is 1. The summed E-state index contributed by atoms with van der Waals surface area (Å²) in [4.78, 5) is 20.3.